The Morgan fingerprint density at radius 3 is 2.76 bits per heavy atom. The van der Waals surface area contributed by atoms with E-state index in [-0.39, 0.29) is 11.9 Å². The highest BCUT2D eigenvalue weighted by atomic mass is 32.1. The van der Waals surface area contributed by atoms with Crippen LogP contribution in [0.3, 0.4) is 0 Å². The molecular formula is C30H39N9OS. The Bertz CT molecular complexity index is 1410. The molecule has 0 aromatic carbocycles. The first-order valence-electron chi connectivity index (χ1n) is 15.5. The SMILES string of the molecule is O=C(NCC1CC1)c1c(NC2CC2)sc2c1C[C@@H](n1cnnc1NC1CCC3(CCN(c4ncccn4)C3)C1)CC2. The van der Waals surface area contributed by atoms with Crippen molar-refractivity contribution in [2.75, 3.05) is 35.2 Å². The van der Waals surface area contributed by atoms with Crippen LogP contribution in [0.15, 0.2) is 24.8 Å². The number of carbonyl (C=O) groups is 1. The maximum Gasteiger partial charge on any atom is 0.254 e. The highest BCUT2D eigenvalue weighted by molar-refractivity contribution is 7.16. The summed E-state index contributed by atoms with van der Waals surface area (Å²) >= 11 is 1.81. The van der Waals surface area contributed by atoms with Crippen molar-refractivity contribution in [2.45, 2.75) is 88.8 Å². The van der Waals surface area contributed by atoms with E-state index in [0.717, 1.165) is 74.2 Å². The number of rotatable bonds is 9. The summed E-state index contributed by atoms with van der Waals surface area (Å²) in [7, 11) is 0. The van der Waals surface area contributed by atoms with E-state index >= 15 is 0 Å². The van der Waals surface area contributed by atoms with E-state index in [0.29, 0.717) is 23.4 Å². The fourth-order valence-electron chi connectivity index (χ4n) is 7.26. The highest BCUT2D eigenvalue weighted by Crippen LogP contribution is 2.47. The van der Waals surface area contributed by atoms with Crippen LogP contribution in [0.4, 0.5) is 16.9 Å². The van der Waals surface area contributed by atoms with Gasteiger partial charge in [-0.1, -0.05) is 0 Å². The van der Waals surface area contributed by atoms with E-state index in [1.807, 2.05) is 24.8 Å². The molecule has 0 bridgehead atoms. The molecule has 4 aliphatic carbocycles. The summed E-state index contributed by atoms with van der Waals surface area (Å²) in [4.78, 5) is 26.1. The molecule has 5 aliphatic rings. The largest absolute Gasteiger partial charge is 0.374 e. The molecule has 4 fully saturated rings. The smallest absolute Gasteiger partial charge is 0.254 e. The second-order valence-electron chi connectivity index (χ2n) is 13.0. The van der Waals surface area contributed by atoms with Crippen molar-refractivity contribution < 1.29 is 4.79 Å². The van der Waals surface area contributed by atoms with Gasteiger partial charge in [0.2, 0.25) is 11.9 Å². The molecule has 11 heteroatoms. The van der Waals surface area contributed by atoms with Crippen LogP contribution < -0.4 is 20.9 Å². The van der Waals surface area contributed by atoms with Gasteiger partial charge in [-0.3, -0.25) is 9.36 Å². The number of hydrogen-bond donors (Lipinski definition) is 3. The number of hydrogen-bond acceptors (Lipinski definition) is 9. The molecule has 216 valence electrons. The molecule has 3 aromatic heterocycles. The zero-order valence-corrected chi connectivity index (χ0v) is 24.3. The molecule has 0 radical (unpaired) electrons. The predicted octanol–water partition coefficient (Wildman–Crippen LogP) is 4.43. The van der Waals surface area contributed by atoms with Crippen molar-refractivity contribution in [2.24, 2.45) is 11.3 Å². The van der Waals surface area contributed by atoms with Crippen LogP contribution in [0.1, 0.15) is 84.6 Å². The number of aryl methyl sites for hydroxylation is 1. The van der Waals surface area contributed by atoms with Gasteiger partial charge in [0.1, 0.15) is 11.3 Å². The standard InChI is InChI=1S/C30H39N9OS/c40-26(33-16-19-2-3-19)25-23-14-22(6-7-24(23)41-27(25)35-20-4-5-20)39-18-34-37-29(39)36-21-8-9-30(15-21)10-13-38(17-30)28-31-11-1-12-32-28/h1,11-12,18-22,35H,2-10,13-17H2,(H,33,40)(H,36,37)/t21?,22-,30?/m0/s1. The van der Waals surface area contributed by atoms with Gasteiger partial charge in [-0.2, -0.15) is 0 Å². The Morgan fingerprint density at radius 2 is 1.93 bits per heavy atom. The minimum Gasteiger partial charge on any atom is -0.374 e. The molecule has 1 spiro atoms. The van der Waals surface area contributed by atoms with Crippen LogP contribution in [0.5, 0.6) is 0 Å². The van der Waals surface area contributed by atoms with Gasteiger partial charge >= 0.3 is 0 Å². The Hall–Kier alpha value is -3.21. The van der Waals surface area contributed by atoms with Crippen LogP contribution in [-0.2, 0) is 12.8 Å². The number of thiophene rings is 1. The zero-order valence-electron chi connectivity index (χ0n) is 23.5. The molecule has 1 saturated heterocycles. The average molecular weight is 574 g/mol. The van der Waals surface area contributed by atoms with Crippen LogP contribution in [-0.4, -0.2) is 62.4 Å². The van der Waals surface area contributed by atoms with Gasteiger partial charge in [-0.05, 0) is 93.6 Å². The van der Waals surface area contributed by atoms with Gasteiger partial charge in [0, 0.05) is 55.0 Å². The molecular weight excluding hydrogens is 534 g/mol. The van der Waals surface area contributed by atoms with Gasteiger partial charge in [-0.25, -0.2) is 9.97 Å². The molecule has 3 N–H and O–H groups in total. The van der Waals surface area contributed by atoms with Crippen molar-refractivity contribution >= 4 is 34.1 Å². The van der Waals surface area contributed by atoms with Crippen molar-refractivity contribution in [3.05, 3.63) is 40.8 Å². The van der Waals surface area contributed by atoms with E-state index in [1.54, 1.807) is 11.3 Å². The summed E-state index contributed by atoms with van der Waals surface area (Å²) in [5.74, 6) is 2.48. The third kappa shape index (κ3) is 5.17. The summed E-state index contributed by atoms with van der Waals surface area (Å²) in [5.41, 5.74) is 2.44. The third-order valence-corrected chi connectivity index (χ3v) is 11.1. The summed E-state index contributed by atoms with van der Waals surface area (Å²) < 4.78 is 2.24. The second kappa shape index (κ2) is 10.3. The van der Waals surface area contributed by atoms with E-state index in [1.165, 1.54) is 49.0 Å². The van der Waals surface area contributed by atoms with Gasteiger partial charge in [0.15, 0.2) is 0 Å². The van der Waals surface area contributed by atoms with Crippen LogP contribution in [0.2, 0.25) is 0 Å². The Balaban J connectivity index is 0.963. The second-order valence-corrected chi connectivity index (χ2v) is 14.1. The number of nitrogens with zero attached hydrogens (tertiary/aromatic N) is 6. The predicted molar refractivity (Wildman–Crippen MR) is 160 cm³/mol. The maximum absolute atomic E-state index is 13.5. The fraction of sp³-hybridized carbons (Fsp3) is 0.633. The minimum atomic E-state index is 0.100. The van der Waals surface area contributed by atoms with Gasteiger partial charge < -0.3 is 20.9 Å². The first-order valence-corrected chi connectivity index (χ1v) is 16.3. The molecule has 4 heterocycles. The van der Waals surface area contributed by atoms with Gasteiger partial charge in [0.25, 0.3) is 5.91 Å². The summed E-state index contributed by atoms with van der Waals surface area (Å²) in [5, 5.41) is 20.7. The molecule has 10 nitrogen and oxygen atoms in total. The van der Waals surface area contributed by atoms with E-state index in [4.69, 9.17) is 0 Å². The fourth-order valence-corrected chi connectivity index (χ4v) is 8.58. The normalized spacial score (nSPS) is 27.3. The number of amides is 1. The van der Waals surface area contributed by atoms with Crippen molar-refractivity contribution in [1.82, 2.24) is 30.0 Å². The van der Waals surface area contributed by atoms with Crippen LogP contribution in [0.25, 0.3) is 0 Å². The summed E-state index contributed by atoms with van der Waals surface area (Å²) in [6.07, 6.45) is 17.9. The quantitative estimate of drug-likeness (QED) is 0.345. The molecule has 8 rings (SSSR count). The number of carbonyl (C=O) groups excluding carboxylic acids is 1. The lowest BCUT2D eigenvalue weighted by Gasteiger charge is -2.27. The Kier molecular flexibility index (Phi) is 6.38. The van der Waals surface area contributed by atoms with E-state index in [9.17, 15) is 4.79 Å². The number of nitrogens with one attached hydrogen (secondary N) is 3. The molecule has 3 atom stereocenters. The number of fused-ring (bicyclic) bond motifs is 1. The van der Waals surface area contributed by atoms with Crippen LogP contribution >= 0.6 is 11.3 Å². The maximum atomic E-state index is 13.5. The van der Waals surface area contributed by atoms with E-state index < -0.39 is 0 Å². The van der Waals surface area contributed by atoms with Gasteiger partial charge in [0.05, 0.1) is 5.56 Å². The first kappa shape index (κ1) is 25.5. The van der Waals surface area contributed by atoms with Crippen molar-refractivity contribution in [3.63, 3.8) is 0 Å². The van der Waals surface area contributed by atoms with Gasteiger partial charge in [-0.15, -0.1) is 21.5 Å². The first-order chi connectivity index (χ1) is 20.1. The topological polar surface area (TPSA) is 113 Å². The number of aromatic nitrogens is 5. The van der Waals surface area contributed by atoms with Crippen LogP contribution in [0, 0.1) is 11.3 Å². The molecule has 3 saturated carbocycles. The van der Waals surface area contributed by atoms with Crippen molar-refractivity contribution in [3.8, 4) is 0 Å². The van der Waals surface area contributed by atoms with Crippen molar-refractivity contribution in [1.29, 1.82) is 0 Å². The lowest BCUT2D eigenvalue weighted by molar-refractivity contribution is 0.0951. The zero-order chi connectivity index (χ0) is 27.4. The monoisotopic (exact) mass is 573 g/mol. The Labute approximate surface area is 244 Å². The summed E-state index contributed by atoms with van der Waals surface area (Å²) in [6, 6.07) is 3.02. The lowest BCUT2D eigenvalue weighted by Crippen LogP contribution is -2.29. The minimum absolute atomic E-state index is 0.100. The molecule has 3 aromatic rings. The molecule has 2 unspecified atom stereocenters. The number of anilines is 3. The molecule has 1 aliphatic heterocycles. The lowest BCUT2D eigenvalue weighted by atomic mass is 9.85. The van der Waals surface area contributed by atoms with E-state index in [2.05, 4.69) is 45.6 Å². The molecule has 1 amide bonds. The highest BCUT2D eigenvalue weighted by Gasteiger charge is 2.45. The summed E-state index contributed by atoms with van der Waals surface area (Å²) in [6.45, 7) is 2.84. The Morgan fingerprint density at radius 1 is 1.05 bits per heavy atom. The third-order valence-electron chi connectivity index (χ3n) is 9.90. The molecule has 41 heavy (non-hydrogen) atoms. The average Bonchev–Trinajstić information content (AvgIpc) is 3.81.